The van der Waals surface area contributed by atoms with Gasteiger partial charge in [0, 0.05) is 32.2 Å². The Hall–Kier alpha value is -1.11. The van der Waals surface area contributed by atoms with Crippen molar-refractivity contribution >= 4 is 12.4 Å². The van der Waals surface area contributed by atoms with Crippen molar-refractivity contribution in [1.29, 1.82) is 0 Å². The van der Waals surface area contributed by atoms with Gasteiger partial charge in [-0.25, -0.2) is 4.39 Å². The molecule has 1 aliphatic heterocycles. The van der Waals surface area contributed by atoms with E-state index < -0.39 is 17.6 Å². The van der Waals surface area contributed by atoms with Crippen LogP contribution in [0.15, 0.2) is 30.9 Å². The van der Waals surface area contributed by atoms with Crippen LogP contribution >= 0.6 is 12.4 Å². The summed E-state index contributed by atoms with van der Waals surface area (Å²) in [5.41, 5.74) is -0.629. The molecule has 25 heavy (non-hydrogen) atoms. The molecule has 0 aliphatic carbocycles. The number of alkyl halides is 3. The molecule has 1 fully saturated rings. The predicted molar refractivity (Wildman–Crippen MR) is 94.5 cm³/mol. The van der Waals surface area contributed by atoms with Gasteiger partial charge in [-0.15, -0.1) is 19.0 Å². The molecule has 2 rings (SSSR count). The Morgan fingerprint density at radius 2 is 1.88 bits per heavy atom. The maximum atomic E-state index is 13.6. The first-order valence-electron chi connectivity index (χ1n) is 8.36. The average Bonchev–Trinajstić information content (AvgIpc) is 2.55. The van der Waals surface area contributed by atoms with Crippen molar-refractivity contribution in [3.63, 3.8) is 0 Å². The van der Waals surface area contributed by atoms with Crippen molar-refractivity contribution in [2.24, 2.45) is 0 Å². The zero-order valence-electron chi connectivity index (χ0n) is 14.1. The molecule has 1 saturated heterocycles. The monoisotopic (exact) mass is 380 g/mol. The van der Waals surface area contributed by atoms with Gasteiger partial charge >= 0.3 is 6.18 Å². The van der Waals surface area contributed by atoms with E-state index in [-0.39, 0.29) is 18.4 Å². The minimum Gasteiger partial charge on any atom is -0.314 e. The van der Waals surface area contributed by atoms with Gasteiger partial charge in [-0.05, 0) is 37.0 Å². The molecular formula is C18H25ClF4N2. The number of benzene rings is 1. The Morgan fingerprint density at radius 3 is 2.48 bits per heavy atom. The van der Waals surface area contributed by atoms with Gasteiger partial charge in [-0.2, -0.15) is 13.2 Å². The Labute approximate surface area is 152 Å². The van der Waals surface area contributed by atoms with E-state index in [1.54, 1.807) is 0 Å². The largest absolute Gasteiger partial charge is 0.419 e. The number of nitrogens with zero attached hydrogens (tertiary/aromatic N) is 1. The van der Waals surface area contributed by atoms with E-state index in [0.717, 1.165) is 64.0 Å². The standard InChI is InChI=1S/C18H24F4N2.ClH/c1-2-3-4-5-6-17(24-11-9-23-10-12-24)14-7-8-16(19)15(13-14)18(20,21)22;/h2,7-8,13,17,23H,1,3-6,9-12H2;1H/t17-;/m0./s1. The molecule has 0 bridgehead atoms. The van der Waals surface area contributed by atoms with Crippen LogP contribution in [-0.4, -0.2) is 31.1 Å². The molecule has 1 aromatic rings. The number of piperazine rings is 1. The maximum absolute atomic E-state index is 13.6. The van der Waals surface area contributed by atoms with Gasteiger partial charge in [-0.3, -0.25) is 4.90 Å². The fourth-order valence-corrected chi connectivity index (χ4v) is 3.15. The molecular weight excluding hydrogens is 356 g/mol. The highest BCUT2D eigenvalue weighted by Gasteiger charge is 2.35. The van der Waals surface area contributed by atoms with E-state index in [9.17, 15) is 17.6 Å². The van der Waals surface area contributed by atoms with Crippen LogP contribution in [0.2, 0.25) is 0 Å². The maximum Gasteiger partial charge on any atom is 0.419 e. The molecule has 0 unspecified atom stereocenters. The summed E-state index contributed by atoms with van der Waals surface area (Å²) in [6.07, 6.45) is 0.692. The summed E-state index contributed by atoms with van der Waals surface area (Å²) in [7, 11) is 0. The van der Waals surface area contributed by atoms with Gasteiger partial charge < -0.3 is 5.32 Å². The van der Waals surface area contributed by atoms with Crippen molar-refractivity contribution in [2.75, 3.05) is 26.2 Å². The molecule has 142 valence electrons. The molecule has 0 radical (unpaired) electrons. The second-order valence-corrected chi connectivity index (χ2v) is 6.11. The molecule has 7 heteroatoms. The van der Waals surface area contributed by atoms with Gasteiger partial charge in [0.1, 0.15) is 5.82 Å². The van der Waals surface area contributed by atoms with Gasteiger partial charge in [0.05, 0.1) is 5.56 Å². The fraction of sp³-hybridized carbons (Fsp3) is 0.556. The molecule has 0 amide bonds. The minimum absolute atomic E-state index is 0. The van der Waals surface area contributed by atoms with Crippen LogP contribution in [0.4, 0.5) is 17.6 Å². The Balaban J connectivity index is 0.00000312. The van der Waals surface area contributed by atoms with E-state index in [2.05, 4.69) is 16.8 Å². The third-order valence-corrected chi connectivity index (χ3v) is 4.41. The van der Waals surface area contributed by atoms with E-state index in [0.29, 0.717) is 5.56 Å². The quantitative estimate of drug-likeness (QED) is 0.408. The normalized spacial score (nSPS) is 17.0. The van der Waals surface area contributed by atoms with E-state index in [1.807, 2.05) is 6.08 Å². The van der Waals surface area contributed by atoms with Gasteiger partial charge in [0.25, 0.3) is 0 Å². The highest BCUT2D eigenvalue weighted by Crippen LogP contribution is 2.35. The van der Waals surface area contributed by atoms with Crippen molar-refractivity contribution in [2.45, 2.75) is 37.9 Å². The van der Waals surface area contributed by atoms with Crippen LogP contribution in [0.25, 0.3) is 0 Å². The lowest BCUT2D eigenvalue weighted by Crippen LogP contribution is -2.45. The molecule has 1 N–H and O–H groups in total. The molecule has 1 atom stereocenters. The molecule has 1 aliphatic rings. The SMILES string of the molecule is C=CCCCC[C@@H](c1ccc(F)c(C(F)(F)F)c1)N1CCNCC1.Cl. The number of hydrogen-bond donors (Lipinski definition) is 1. The van der Waals surface area contributed by atoms with Crippen LogP contribution in [0.3, 0.4) is 0 Å². The third-order valence-electron chi connectivity index (χ3n) is 4.41. The Morgan fingerprint density at radius 1 is 1.20 bits per heavy atom. The lowest BCUT2D eigenvalue weighted by molar-refractivity contribution is -0.140. The Bertz CT molecular complexity index is 542. The zero-order chi connectivity index (χ0) is 17.6. The highest BCUT2D eigenvalue weighted by molar-refractivity contribution is 5.85. The number of allylic oxidation sites excluding steroid dienone is 1. The topological polar surface area (TPSA) is 15.3 Å². The van der Waals surface area contributed by atoms with E-state index in [1.165, 1.54) is 6.07 Å². The summed E-state index contributed by atoms with van der Waals surface area (Å²) >= 11 is 0. The van der Waals surface area contributed by atoms with Crippen LogP contribution in [0, 0.1) is 5.82 Å². The molecule has 1 aromatic carbocycles. The van der Waals surface area contributed by atoms with Crippen molar-refractivity contribution in [3.8, 4) is 0 Å². The highest BCUT2D eigenvalue weighted by atomic mass is 35.5. The van der Waals surface area contributed by atoms with Crippen LogP contribution in [0.1, 0.15) is 42.9 Å². The smallest absolute Gasteiger partial charge is 0.314 e. The first-order chi connectivity index (χ1) is 11.4. The lowest BCUT2D eigenvalue weighted by Gasteiger charge is -2.35. The number of unbranched alkanes of at least 4 members (excludes halogenated alkanes) is 2. The van der Waals surface area contributed by atoms with Crippen LogP contribution < -0.4 is 5.32 Å². The summed E-state index contributed by atoms with van der Waals surface area (Å²) in [6.45, 7) is 6.89. The van der Waals surface area contributed by atoms with Crippen LogP contribution in [-0.2, 0) is 6.18 Å². The summed E-state index contributed by atoms with van der Waals surface area (Å²) in [4.78, 5) is 2.19. The summed E-state index contributed by atoms with van der Waals surface area (Å²) in [6, 6.07) is 3.30. The lowest BCUT2D eigenvalue weighted by atomic mass is 9.96. The number of nitrogens with one attached hydrogen (secondary N) is 1. The summed E-state index contributed by atoms with van der Waals surface area (Å²) < 4.78 is 52.6. The van der Waals surface area contributed by atoms with E-state index >= 15 is 0 Å². The second-order valence-electron chi connectivity index (χ2n) is 6.11. The Kier molecular flexibility index (Phi) is 8.89. The fourth-order valence-electron chi connectivity index (χ4n) is 3.15. The van der Waals surface area contributed by atoms with Crippen molar-refractivity contribution in [1.82, 2.24) is 10.2 Å². The van der Waals surface area contributed by atoms with Gasteiger partial charge in [0.2, 0.25) is 0 Å². The van der Waals surface area contributed by atoms with Crippen LogP contribution in [0.5, 0.6) is 0 Å². The molecule has 0 aromatic heterocycles. The summed E-state index contributed by atoms with van der Waals surface area (Å²) in [5.74, 6) is -1.21. The number of halogens is 5. The van der Waals surface area contributed by atoms with Crippen molar-refractivity contribution in [3.05, 3.63) is 47.8 Å². The minimum atomic E-state index is -4.67. The molecule has 0 saturated carbocycles. The number of hydrogen-bond acceptors (Lipinski definition) is 2. The third kappa shape index (κ3) is 6.28. The molecule has 0 spiro atoms. The predicted octanol–water partition coefficient (Wildman–Crippen LogP) is 4.96. The second kappa shape index (κ2) is 10.1. The van der Waals surface area contributed by atoms with Crippen molar-refractivity contribution < 1.29 is 17.6 Å². The van der Waals surface area contributed by atoms with E-state index in [4.69, 9.17) is 0 Å². The first kappa shape index (κ1) is 21.9. The van der Waals surface area contributed by atoms with Gasteiger partial charge in [0.15, 0.2) is 0 Å². The first-order valence-corrected chi connectivity index (χ1v) is 8.36. The van der Waals surface area contributed by atoms with Gasteiger partial charge in [-0.1, -0.05) is 18.6 Å². The zero-order valence-corrected chi connectivity index (χ0v) is 14.9. The number of rotatable bonds is 7. The molecule has 1 heterocycles. The molecule has 2 nitrogen and oxygen atoms in total. The average molecular weight is 381 g/mol. The summed E-state index contributed by atoms with van der Waals surface area (Å²) in [5, 5.41) is 3.25.